The molecule has 1 aromatic rings. The van der Waals surface area contributed by atoms with E-state index in [1.54, 1.807) is 12.1 Å². The van der Waals surface area contributed by atoms with E-state index in [1.807, 2.05) is 6.07 Å². The summed E-state index contributed by atoms with van der Waals surface area (Å²) in [6.07, 6.45) is 5.37. The van der Waals surface area contributed by atoms with Gasteiger partial charge in [0, 0.05) is 36.1 Å². The zero-order chi connectivity index (χ0) is 16.6. The Kier molecular flexibility index (Phi) is 5.88. The Hall–Kier alpha value is -0.890. The number of halogens is 2. The normalized spacial score (nSPS) is 29.2. The van der Waals surface area contributed by atoms with E-state index in [4.69, 9.17) is 4.74 Å². The lowest BCUT2D eigenvalue weighted by atomic mass is 9.46. The third-order valence-corrected chi connectivity index (χ3v) is 6.04. The monoisotopic (exact) mass is 459 g/mol. The minimum atomic E-state index is -0.194. The van der Waals surface area contributed by atoms with Crippen LogP contribution in [0.1, 0.15) is 38.2 Å². The lowest BCUT2D eigenvalue weighted by molar-refractivity contribution is -0.171. The molecule has 1 saturated heterocycles. The smallest absolute Gasteiger partial charge is 0.191 e. The molecule has 3 aliphatic rings. The molecule has 3 atom stereocenters. The maximum Gasteiger partial charge on any atom is 0.191 e. The van der Waals surface area contributed by atoms with Crippen LogP contribution in [0.15, 0.2) is 29.3 Å². The van der Waals surface area contributed by atoms with Gasteiger partial charge in [-0.2, -0.15) is 0 Å². The quantitative estimate of drug-likeness (QED) is 0.412. The average Bonchev–Trinajstić information content (AvgIpc) is 2.95. The number of fused-ring (bicyclic) bond motifs is 2. The molecule has 1 spiro atoms. The predicted molar refractivity (Wildman–Crippen MR) is 108 cm³/mol. The van der Waals surface area contributed by atoms with Crippen molar-refractivity contribution in [2.24, 2.45) is 16.3 Å². The highest BCUT2D eigenvalue weighted by Crippen LogP contribution is 2.62. The first-order chi connectivity index (χ1) is 11.7. The standard InChI is InChI=1S/C19H26FN3O.HI/c1-2-21-18(22-12-13-6-3-4-7-15(13)20)23-16-14-8-11-24-17(14)19(16)9-5-10-19;/h3-4,6-7,14,16-17H,2,5,8-12H2,1H3,(H2,21,22,23);1H. The highest BCUT2D eigenvalue weighted by Gasteiger charge is 2.66. The van der Waals surface area contributed by atoms with Crippen LogP contribution in [0.3, 0.4) is 0 Å². The van der Waals surface area contributed by atoms with Gasteiger partial charge in [-0.05, 0) is 32.3 Å². The molecule has 1 heterocycles. The molecule has 3 unspecified atom stereocenters. The summed E-state index contributed by atoms with van der Waals surface area (Å²) in [5, 5.41) is 6.96. The first-order valence-electron chi connectivity index (χ1n) is 9.14. The van der Waals surface area contributed by atoms with Crippen LogP contribution in [0.2, 0.25) is 0 Å². The molecule has 4 rings (SSSR count). The molecule has 0 aromatic heterocycles. The van der Waals surface area contributed by atoms with E-state index in [2.05, 4.69) is 22.5 Å². The van der Waals surface area contributed by atoms with Gasteiger partial charge in [0.05, 0.1) is 12.6 Å². The molecule has 25 heavy (non-hydrogen) atoms. The topological polar surface area (TPSA) is 45.7 Å². The summed E-state index contributed by atoms with van der Waals surface area (Å²) in [4.78, 5) is 4.62. The number of benzene rings is 1. The van der Waals surface area contributed by atoms with Crippen LogP contribution in [0.4, 0.5) is 4.39 Å². The number of guanidine groups is 1. The largest absolute Gasteiger partial charge is 0.377 e. The molecule has 1 aromatic carbocycles. The lowest BCUT2D eigenvalue weighted by Gasteiger charge is -2.63. The van der Waals surface area contributed by atoms with E-state index in [0.717, 1.165) is 25.5 Å². The molecular formula is C19H27FIN3O. The van der Waals surface area contributed by atoms with Gasteiger partial charge in [-0.3, -0.25) is 0 Å². The molecule has 0 bridgehead atoms. The van der Waals surface area contributed by atoms with Gasteiger partial charge < -0.3 is 15.4 Å². The lowest BCUT2D eigenvalue weighted by Crippen LogP contribution is -2.72. The Morgan fingerprint density at radius 1 is 1.36 bits per heavy atom. The molecule has 3 fully saturated rings. The fourth-order valence-electron chi connectivity index (χ4n) is 4.71. The Morgan fingerprint density at radius 3 is 2.84 bits per heavy atom. The Morgan fingerprint density at radius 2 is 2.16 bits per heavy atom. The van der Waals surface area contributed by atoms with Crippen molar-refractivity contribution in [3.8, 4) is 0 Å². The van der Waals surface area contributed by atoms with Crippen LogP contribution < -0.4 is 10.6 Å². The van der Waals surface area contributed by atoms with Gasteiger partial charge >= 0.3 is 0 Å². The van der Waals surface area contributed by atoms with E-state index in [1.165, 1.54) is 25.3 Å². The minimum absolute atomic E-state index is 0. The maximum atomic E-state index is 13.8. The molecule has 2 aliphatic carbocycles. The summed E-state index contributed by atoms with van der Waals surface area (Å²) in [5.74, 6) is 1.20. The first-order valence-corrected chi connectivity index (χ1v) is 9.14. The summed E-state index contributed by atoms with van der Waals surface area (Å²) in [7, 11) is 0. The van der Waals surface area contributed by atoms with Gasteiger partial charge in [0.1, 0.15) is 5.82 Å². The summed E-state index contributed by atoms with van der Waals surface area (Å²) < 4.78 is 19.8. The van der Waals surface area contributed by atoms with E-state index >= 15 is 0 Å². The molecule has 0 radical (unpaired) electrons. The number of rotatable bonds is 4. The summed E-state index contributed by atoms with van der Waals surface area (Å²) in [5.41, 5.74) is 0.943. The van der Waals surface area contributed by atoms with Gasteiger partial charge in [-0.25, -0.2) is 9.38 Å². The van der Waals surface area contributed by atoms with E-state index in [-0.39, 0.29) is 29.8 Å². The van der Waals surface area contributed by atoms with Gasteiger partial charge in [0.15, 0.2) is 5.96 Å². The minimum Gasteiger partial charge on any atom is -0.377 e. The molecule has 138 valence electrons. The van der Waals surface area contributed by atoms with Crippen molar-refractivity contribution in [3.63, 3.8) is 0 Å². The fraction of sp³-hybridized carbons (Fsp3) is 0.632. The fourth-order valence-corrected chi connectivity index (χ4v) is 4.71. The van der Waals surface area contributed by atoms with E-state index in [0.29, 0.717) is 35.6 Å². The van der Waals surface area contributed by atoms with Crippen molar-refractivity contribution in [1.82, 2.24) is 10.6 Å². The number of hydrogen-bond donors (Lipinski definition) is 2. The van der Waals surface area contributed by atoms with Gasteiger partial charge in [-0.1, -0.05) is 24.6 Å². The highest BCUT2D eigenvalue weighted by molar-refractivity contribution is 14.0. The van der Waals surface area contributed by atoms with Crippen LogP contribution in [0, 0.1) is 17.2 Å². The van der Waals surface area contributed by atoms with Crippen molar-refractivity contribution >= 4 is 29.9 Å². The van der Waals surface area contributed by atoms with Gasteiger partial charge in [-0.15, -0.1) is 24.0 Å². The molecular weight excluding hydrogens is 432 g/mol. The van der Waals surface area contributed by atoms with Crippen LogP contribution in [-0.2, 0) is 11.3 Å². The second-order valence-corrected chi connectivity index (χ2v) is 7.24. The van der Waals surface area contributed by atoms with E-state index < -0.39 is 0 Å². The molecule has 0 amide bonds. The van der Waals surface area contributed by atoms with Crippen molar-refractivity contribution in [2.75, 3.05) is 13.2 Å². The summed E-state index contributed by atoms with van der Waals surface area (Å²) in [6.45, 7) is 4.10. The number of nitrogens with zero attached hydrogens (tertiary/aromatic N) is 1. The number of ether oxygens (including phenoxy) is 1. The van der Waals surface area contributed by atoms with Crippen LogP contribution in [-0.4, -0.2) is 31.3 Å². The van der Waals surface area contributed by atoms with Gasteiger partial charge in [0.2, 0.25) is 0 Å². The van der Waals surface area contributed by atoms with E-state index in [9.17, 15) is 4.39 Å². The second kappa shape index (κ2) is 7.78. The Balaban J connectivity index is 0.00000182. The summed E-state index contributed by atoms with van der Waals surface area (Å²) in [6, 6.07) is 7.28. The highest BCUT2D eigenvalue weighted by atomic mass is 127. The molecule has 2 N–H and O–H groups in total. The Bertz CT molecular complexity index is 635. The number of hydrogen-bond acceptors (Lipinski definition) is 2. The molecule has 2 saturated carbocycles. The molecule has 6 heteroatoms. The van der Waals surface area contributed by atoms with Crippen molar-refractivity contribution < 1.29 is 9.13 Å². The third kappa shape index (κ3) is 3.27. The predicted octanol–water partition coefficient (Wildman–Crippen LogP) is 3.46. The Labute approximate surface area is 166 Å². The number of aliphatic imine (C=N–C) groups is 1. The second-order valence-electron chi connectivity index (χ2n) is 7.24. The van der Waals surface area contributed by atoms with Crippen molar-refractivity contribution in [2.45, 2.75) is 51.3 Å². The van der Waals surface area contributed by atoms with Crippen molar-refractivity contribution in [3.05, 3.63) is 35.6 Å². The first kappa shape index (κ1) is 18.9. The average molecular weight is 459 g/mol. The van der Waals surface area contributed by atoms with Crippen molar-refractivity contribution in [1.29, 1.82) is 0 Å². The van der Waals surface area contributed by atoms with Crippen LogP contribution >= 0.6 is 24.0 Å². The number of nitrogens with one attached hydrogen (secondary N) is 2. The molecule has 4 nitrogen and oxygen atoms in total. The zero-order valence-corrected chi connectivity index (χ0v) is 17.0. The zero-order valence-electron chi connectivity index (χ0n) is 14.6. The third-order valence-electron chi connectivity index (χ3n) is 6.04. The van der Waals surface area contributed by atoms with Gasteiger partial charge in [0.25, 0.3) is 0 Å². The SMILES string of the molecule is CCNC(=NCc1ccccc1F)NC1C2CCOC2C12CCC2.I. The van der Waals surface area contributed by atoms with Crippen LogP contribution in [0.25, 0.3) is 0 Å². The molecule has 1 aliphatic heterocycles. The maximum absolute atomic E-state index is 13.8. The summed E-state index contributed by atoms with van der Waals surface area (Å²) >= 11 is 0. The van der Waals surface area contributed by atoms with Crippen LogP contribution in [0.5, 0.6) is 0 Å².